The number of nitrogens with one attached hydrogen (secondary N) is 1. The summed E-state index contributed by atoms with van der Waals surface area (Å²) in [6.07, 6.45) is 9.38. The van der Waals surface area contributed by atoms with E-state index in [9.17, 15) is 4.79 Å². The molecule has 0 spiro atoms. The zero-order chi connectivity index (χ0) is 14.5. The number of hydrogen-bond acceptors (Lipinski definition) is 3. The molecule has 1 aliphatic carbocycles. The lowest BCUT2D eigenvalue weighted by atomic mass is 9.86. The van der Waals surface area contributed by atoms with Crippen LogP contribution < -0.4 is 21.9 Å². The highest BCUT2D eigenvalue weighted by Gasteiger charge is 2.18. The van der Waals surface area contributed by atoms with Crippen LogP contribution in [0.3, 0.4) is 0 Å². The monoisotopic (exact) mass is 356 g/mol. The molecule has 2 aliphatic rings. The molecule has 1 aliphatic heterocycles. The van der Waals surface area contributed by atoms with Crippen LogP contribution in [0.5, 0.6) is 0 Å². The van der Waals surface area contributed by atoms with E-state index in [-0.39, 0.29) is 23.0 Å². The van der Waals surface area contributed by atoms with Gasteiger partial charge in [-0.3, -0.25) is 9.69 Å². The second-order valence-corrected chi connectivity index (χ2v) is 5.91. The van der Waals surface area contributed by atoms with Gasteiger partial charge in [-0.1, -0.05) is 18.2 Å². The third kappa shape index (κ3) is 5.67. The number of esters is 1. The summed E-state index contributed by atoms with van der Waals surface area (Å²) in [6.45, 7) is 7.72. The van der Waals surface area contributed by atoms with Crippen molar-refractivity contribution in [2.75, 3.05) is 26.9 Å². The molecule has 0 aromatic rings. The van der Waals surface area contributed by atoms with Gasteiger partial charge < -0.3 is 26.6 Å². The highest BCUT2D eigenvalue weighted by molar-refractivity contribution is 5.72. The Hall–Kier alpha value is -1.07. The van der Waals surface area contributed by atoms with Gasteiger partial charge >= 0.3 is 5.97 Å². The van der Waals surface area contributed by atoms with Crippen LogP contribution in [-0.2, 0) is 9.53 Å². The maximum Gasteiger partial charge on any atom is 0.326 e. The topological polar surface area (TPSA) is 34.0 Å². The molecule has 2 rings (SSSR count). The number of hydrogen-bond donors (Lipinski definition) is 1. The summed E-state index contributed by atoms with van der Waals surface area (Å²) < 4.78 is 5.36. The molecule has 0 aromatic heterocycles. The molecule has 0 fully saturated rings. The van der Waals surface area contributed by atoms with E-state index < -0.39 is 0 Å². The summed E-state index contributed by atoms with van der Waals surface area (Å²) >= 11 is 0. The van der Waals surface area contributed by atoms with Crippen molar-refractivity contribution in [3.8, 4) is 0 Å². The molecule has 1 heterocycles. The van der Waals surface area contributed by atoms with Crippen LogP contribution in [-0.4, -0.2) is 37.7 Å². The second kappa shape index (κ2) is 8.39. The summed E-state index contributed by atoms with van der Waals surface area (Å²) in [7, 11) is 2.06. The van der Waals surface area contributed by atoms with Gasteiger partial charge in [-0.15, -0.1) is 0 Å². The van der Waals surface area contributed by atoms with Gasteiger partial charge in [0.15, 0.2) is 6.67 Å². The standard InChI is InChI=1S/C16H24N2O2.BrH/c1-13(2)15-6-4-14(5-7-15)11-20-16(19)10-18-9-8-17(3)12-18;/h4,8-9,15H,1,5-7,10-12H2,2-3H3;1H/t15-;/m1./s1. The molecule has 4 nitrogen and oxygen atoms in total. The zero-order valence-electron chi connectivity index (χ0n) is 12.9. The number of carbonyl (C=O) groups is 1. The van der Waals surface area contributed by atoms with Crippen molar-refractivity contribution in [2.45, 2.75) is 26.2 Å². The summed E-state index contributed by atoms with van der Waals surface area (Å²) in [4.78, 5) is 15.0. The molecule has 1 unspecified atom stereocenters. The van der Waals surface area contributed by atoms with Crippen LogP contribution in [0.15, 0.2) is 36.2 Å². The van der Waals surface area contributed by atoms with Gasteiger partial charge in [0, 0.05) is 0 Å². The molecule has 0 saturated carbocycles. The van der Waals surface area contributed by atoms with Crippen molar-refractivity contribution in [2.24, 2.45) is 5.92 Å². The van der Waals surface area contributed by atoms with E-state index in [1.54, 1.807) is 0 Å². The Labute approximate surface area is 137 Å². The van der Waals surface area contributed by atoms with Crippen LogP contribution in [0, 0.1) is 5.92 Å². The highest BCUT2D eigenvalue weighted by Crippen LogP contribution is 2.28. The largest absolute Gasteiger partial charge is 1.00 e. The van der Waals surface area contributed by atoms with Crippen molar-refractivity contribution < 1.29 is 31.4 Å². The number of halogens is 1. The second-order valence-electron chi connectivity index (χ2n) is 5.91. The Morgan fingerprint density at radius 3 is 2.86 bits per heavy atom. The van der Waals surface area contributed by atoms with Gasteiger partial charge in [-0.25, -0.2) is 0 Å². The zero-order valence-corrected chi connectivity index (χ0v) is 14.5. The minimum Gasteiger partial charge on any atom is -1.00 e. The minimum absolute atomic E-state index is 0. The normalized spacial score (nSPS) is 24.3. The predicted octanol–water partition coefficient (Wildman–Crippen LogP) is -1.90. The summed E-state index contributed by atoms with van der Waals surface area (Å²) in [5.41, 5.74) is 2.50. The highest BCUT2D eigenvalue weighted by atomic mass is 79.9. The van der Waals surface area contributed by atoms with Gasteiger partial charge in [-0.2, -0.15) is 0 Å². The lowest BCUT2D eigenvalue weighted by Crippen LogP contribution is -3.03. The molecule has 2 atom stereocenters. The Bertz CT molecular complexity index is 446. The van der Waals surface area contributed by atoms with Crippen molar-refractivity contribution in [1.29, 1.82) is 0 Å². The van der Waals surface area contributed by atoms with Gasteiger partial charge in [0.1, 0.15) is 19.4 Å². The van der Waals surface area contributed by atoms with Crippen molar-refractivity contribution in [1.82, 2.24) is 4.90 Å². The van der Waals surface area contributed by atoms with Crippen LogP contribution in [0.2, 0.25) is 0 Å². The van der Waals surface area contributed by atoms with E-state index >= 15 is 0 Å². The number of quaternary nitrogens is 1. The number of rotatable bonds is 5. The van der Waals surface area contributed by atoms with Crippen molar-refractivity contribution in [3.63, 3.8) is 0 Å². The molecule has 0 bridgehead atoms. The number of carbonyl (C=O) groups excluding carboxylic acids is 1. The number of allylic oxidation sites excluding steroid dienone is 2. The summed E-state index contributed by atoms with van der Waals surface area (Å²) in [6, 6.07) is 0. The van der Waals surface area contributed by atoms with Crippen molar-refractivity contribution >= 4 is 5.97 Å². The molecule has 0 radical (unpaired) electrons. The van der Waals surface area contributed by atoms with E-state index in [1.165, 1.54) is 16.0 Å². The Morgan fingerprint density at radius 2 is 2.33 bits per heavy atom. The fraction of sp³-hybridized carbons (Fsp3) is 0.562. The molecular weight excluding hydrogens is 332 g/mol. The van der Waals surface area contributed by atoms with E-state index in [4.69, 9.17) is 4.74 Å². The minimum atomic E-state index is -0.146. The number of nitrogens with zero attached hydrogens (tertiary/aromatic N) is 1. The van der Waals surface area contributed by atoms with Gasteiger partial charge in [-0.05, 0) is 37.7 Å². The van der Waals surface area contributed by atoms with Gasteiger partial charge in [0.05, 0.1) is 13.2 Å². The first-order valence-electron chi connectivity index (χ1n) is 7.28. The predicted molar refractivity (Wildman–Crippen MR) is 78.8 cm³/mol. The lowest BCUT2D eigenvalue weighted by Gasteiger charge is -2.22. The first-order valence-corrected chi connectivity index (χ1v) is 7.28. The van der Waals surface area contributed by atoms with Crippen LogP contribution in [0.4, 0.5) is 0 Å². The Balaban J connectivity index is 0.00000220. The molecule has 118 valence electrons. The van der Waals surface area contributed by atoms with Gasteiger partial charge in [0.25, 0.3) is 0 Å². The van der Waals surface area contributed by atoms with Crippen LogP contribution in [0.25, 0.3) is 0 Å². The summed E-state index contributed by atoms with van der Waals surface area (Å²) in [5, 5.41) is 0. The molecule has 0 saturated heterocycles. The Kier molecular flexibility index (Phi) is 7.18. The first kappa shape index (κ1) is 18.0. The maximum atomic E-state index is 11.8. The SMILES string of the molecule is C=C(C)[C@@H]1CC=C(COC(=O)CN2C=C[NH+](C)C2)CC1.[Br-]. The molecule has 21 heavy (non-hydrogen) atoms. The molecule has 0 aromatic carbocycles. The smallest absolute Gasteiger partial charge is 0.326 e. The summed E-state index contributed by atoms with van der Waals surface area (Å²) in [5.74, 6) is 0.454. The molecular formula is C16H25BrN2O2. The van der Waals surface area contributed by atoms with Gasteiger partial charge in [0.2, 0.25) is 0 Å². The maximum absolute atomic E-state index is 11.8. The van der Waals surface area contributed by atoms with Crippen LogP contribution in [0.1, 0.15) is 26.2 Å². The quantitative estimate of drug-likeness (QED) is 0.461. The van der Waals surface area contributed by atoms with E-state index in [2.05, 4.69) is 26.6 Å². The third-order valence-corrected chi connectivity index (χ3v) is 3.97. The lowest BCUT2D eigenvalue weighted by molar-refractivity contribution is -0.826. The first-order chi connectivity index (χ1) is 9.54. The van der Waals surface area contributed by atoms with Crippen LogP contribution >= 0.6 is 0 Å². The molecule has 5 heteroatoms. The molecule has 1 N–H and O–H groups in total. The third-order valence-electron chi connectivity index (χ3n) is 3.97. The van der Waals surface area contributed by atoms with Crippen molar-refractivity contribution in [3.05, 3.63) is 36.2 Å². The average Bonchev–Trinajstić information content (AvgIpc) is 2.82. The fourth-order valence-electron chi connectivity index (χ4n) is 2.62. The average molecular weight is 357 g/mol. The molecule has 0 amide bonds. The fourth-order valence-corrected chi connectivity index (χ4v) is 2.62. The number of ether oxygens (including phenoxy) is 1. The Morgan fingerprint density at radius 1 is 1.57 bits per heavy atom. The van der Waals surface area contributed by atoms with E-state index in [0.29, 0.717) is 19.1 Å². The van der Waals surface area contributed by atoms with E-state index in [1.807, 2.05) is 17.3 Å². The van der Waals surface area contributed by atoms with E-state index in [0.717, 1.165) is 25.9 Å².